The molecule has 0 atom stereocenters. The van der Waals surface area contributed by atoms with Gasteiger partial charge in [0.15, 0.2) is 5.78 Å². The minimum atomic E-state index is -0.0770. The predicted molar refractivity (Wildman–Crippen MR) is 84.8 cm³/mol. The number of carbonyl (C=O) groups excluding carboxylic acids is 2. The van der Waals surface area contributed by atoms with Crippen LogP contribution in [0, 0.1) is 0 Å². The molecule has 1 rings (SSSR count). The van der Waals surface area contributed by atoms with Crippen LogP contribution >= 0.6 is 43.2 Å². The van der Waals surface area contributed by atoms with Crippen molar-refractivity contribution >= 4 is 54.9 Å². The van der Waals surface area contributed by atoms with E-state index < -0.39 is 0 Å². The summed E-state index contributed by atoms with van der Waals surface area (Å²) in [4.78, 5) is 25.5. The van der Waals surface area contributed by atoms with Crippen molar-refractivity contribution in [2.24, 2.45) is 0 Å². The second kappa shape index (κ2) is 8.14. The fourth-order valence-corrected chi connectivity index (χ4v) is 4.49. The molecular formula is C12H16Br2N2O2S. The Kier molecular flexibility index (Phi) is 7.20. The second-order valence-electron chi connectivity index (χ2n) is 4.04. The molecule has 0 aliphatic carbocycles. The molecule has 0 fully saturated rings. The molecule has 1 heterocycles. The molecule has 1 N–H and O–H groups in total. The van der Waals surface area contributed by atoms with E-state index in [-0.39, 0.29) is 24.8 Å². The lowest BCUT2D eigenvalue weighted by atomic mass is 10.2. The Morgan fingerprint density at radius 3 is 2.53 bits per heavy atom. The van der Waals surface area contributed by atoms with Gasteiger partial charge in [0.25, 0.3) is 0 Å². The molecule has 1 aromatic heterocycles. The van der Waals surface area contributed by atoms with Gasteiger partial charge in [0, 0.05) is 12.6 Å². The van der Waals surface area contributed by atoms with Gasteiger partial charge >= 0.3 is 0 Å². The number of nitrogens with one attached hydrogen (secondary N) is 1. The maximum Gasteiger partial charge on any atom is 0.233 e. The summed E-state index contributed by atoms with van der Waals surface area (Å²) < 4.78 is 1.73. The second-order valence-corrected chi connectivity index (χ2v) is 7.79. The maximum absolute atomic E-state index is 12.2. The van der Waals surface area contributed by atoms with Crippen LogP contribution in [0.1, 0.15) is 23.7 Å². The first kappa shape index (κ1) is 16.8. The molecular weight excluding hydrogens is 396 g/mol. The van der Waals surface area contributed by atoms with Crippen molar-refractivity contribution in [3.8, 4) is 0 Å². The van der Waals surface area contributed by atoms with Crippen molar-refractivity contribution in [3.05, 3.63) is 19.2 Å². The number of halogens is 2. The number of nitrogens with zero attached hydrogens (tertiary/aromatic N) is 1. The zero-order valence-electron chi connectivity index (χ0n) is 10.8. The molecule has 0 saturated heterocycles. The molecule has 0 aliphatic rings. The van der Waals surface area contributed by atoms with Gasteiger partial charge in [0.2, 0.25) is 5.91 Å². The van der Waals surface area contributed by atoms with Crippen molar-refractivity contribution in [1.29, 1.82) is 0 Å². The number of thiophene rings is 1. The van der Waals surface area contributed by atoms with Crippen LogP contribution in [-0.4, -0.2) is 43.3 Å². The molecule has 0 saturated carbocycles. The normalized spacial score (nSPS) is 10.8. The van der Waals surface area contributed by atoms with Crippen LogP contribution < -0.4 is 5.32 Å². The fourth-order valence-electron chi connectivity index (χ4n) is 1.63. The summed E-state index contributed by atoms with van der Waals surface area (Å²) in [5.74, 6) is -0.0574. The van der Waals surface area contributed by atoms with Gasteiger partial charge in [-0.1, -0.05) is 6.92 Å². The highest BCUT2D eigenvalue weighted by atomic mass is 79.9. The SMILES string of the molecule is CCCN(CC(=O)NC)CC(=O)c1cc(Br)sc1Br. The Bertz CT molecular complexity index is 463. The average molecular weight is 412 g/mol. The molecule has 0 unspecified atom stereocenters. The van der Waals surface area contributed by atoms with Crippen LogP contribution in [0.2, 0.25) is 0 Å². The van der Waals surface area contributed by atoms with Gasteiger partial charge in [-0.2, -0.15) is 0 Å². The van der Waals surface area contributed by atoms with Crippen molar-refractivity contribution < 1.29 is 9.59 Å². The van der Waals surface area contributed by atoms with Crippen molar-refractivity contribution in [1.82, 2.24) is 10.2 Å². The Labute approximate surface area is 133 Å². The van der Waals surface area contributed by atoms with Gasteiger partial charge < -0.3 is 5.32 Å². The molecule has 19 heavy (non-hydrogen) atoms. The van der Waals surface area contributed by atoms with Gasteiger partial charge in [-0.3, -0.25) is 14.5 Å². The smallest absolute Gasteiger partial charge is 0.233 e. The minimum Gasteiger partial charge on any atom is -0.358 e. The van der Waals surface area contributed by atoms with E-state index in [1.807, 2.05) is 11.8 Å². The summed E-state index contributed by atoms with van der Waals surface area (Å²) in [5, 5.41) is 2.58. The van der Waals surface area contributed by atoms with Crippen molar-refractivity contribution in [2.75, 3.05) is 26.7 Å². The Morgan fingerprint density at radius 1 is 1.37 bits per heavy atom. The third kappa shape index (κ3) is 5.33. The summed E-state index contributed by atoms with van der Waals surface area (Å²) in [5.41, 5.74) is 0.662. The Hall–Kier alpha value is -0.240. The zero-order valence-corrected chi connectivity index (χ0v) is 14.8. The third-order valence-corrected chi connectivity index (χ3v) is 4.85. The van der Waals surface area contributed by atoms with Gasteiger partial charge in [-0.05, 0) is 50.9 Å². The molecule has 106 valence electrons. The number of hydrogen-bond donors (Lipinski definition) is 1. The molecule has 0 aliphatic heterocycles. The van der Waals surface area contributed by atoms with Crippen LogP contribution in [0.3, 0.4) is 0 Å². The highest BCUT2D eigenvalue weighted by Gasteiger charge is 2.18. The molecule has 0 radical (unpaired) electrons. The summed E-state index contributed by atoms with van der Waals surface area (Å²) >= 11 is 8.21. The summed E-state index contributed by atoms with van der Waals surface area (Å²) in [6.07, 6.45) is 0.902. The first-order valence-electron chi connectivity index (χ1n) is 5.88. The minimum absolute atomic E-state index is 0.0196. The number of rotatable bonds is 7. The number of carbonyl (C=O) groups is 2. The quantitative estimate of drug-likeness (QED) is 0.701. The van der Waals surface area contributed by atoms with E-state index >= 15 is 0 Å². The molecule has 4 nitrogen and oxygen atoms in total. The van der Waals surface area contributed by atoms with Crippen LogP contribution in [-0.2, 0) is 4.79 Å². The summed E-state index contributed by atoms with van der Waals surface area (Å²) in [6, 6.07) is 1.81. The third-order valence-electron chi connectivity index (χ3n) is 2.51. The van der Waals surface area contributed by atoms with E-state index in [1.165, 1.54) is 11.3 Å². The van der Waals surface area contributed by atoms with E-state index in [4.69, 9.17) is 0 Å². The topological polar surface area (TPSA) is 49.4 Å². The number of Topliss-reactive ketones (excluding diaryl/α,β-unsaturated/α-hetero) is 1. The van der Waals surface area contributed by atoms with E-state index in [0.29, 0.717) is 5.56 Å². The zero-order chi connectivity index (χ0) is 14.4. The largest absolute Gasteiger partial charge is 0.358 e. The lowest BCUT2D eigenvalue weighted by molar-refractivity contribution is -0.121. The number of hydrogen-bond acceptors (Lipinski definition) is 4. The van der Waals surface area contributed by atoms with E-state index in [1.54, 1.807) is 13.1 Å². The van der Waals surface area contributed by atoms with E-state index in [9.17, 15) is 9.59 Å². The monoisotopic (exact) mass is 410 g/mol. The fraction of sp³-hybridized carbons (Fsp3) is 0.500. The Morgan fingerprint density at radius 2 is 2.05 bits per heavy atom. The maximum atomic E-state index is 12.2. The van der Waals surface area contributed by atoms with Gasteiger partial charge in [-0.15, -0.1) is 11.3 Å². The van der Waals surface area contributed by atoms with Crippen LogP contribution in [0.5, 0.6) is 0 Å². The van der Waals surface area contributed by atoms with Gasteiger partial charge in [-0.25, -0.2) is 0 Å². The van der Waals surface area contributed by atoms with Crippen LogP contribution in [0.25, 0.3) is 0 Å². The van der Waals surface area contributed by atoms with Crippen LogP contribution in [0.15, 0.2) is 13.6 Å². The van der Waals surface area contributed by atoms with E-state index in [0.717, 1.165) is 20.5 Å². The first-order valence-corrected chi connectivity index (χ1v) is 8.29. The Balaban J connectivity index is 2.70. The number of amides is 1. The molecule has 7 heteroatoms. The average Bonchev–Trinajstić information content (AvgIpc) is 2.68. The van der Waals surface area contributed by atoms with Crippen molar-refractivity contribution in [3.63, 3.8) is 0 Å². The standard InChI is InChI=1S/C12H16Br2N2O2S/c1-3-4-16(7-11(18)15-2)6-9(17)8-5-10(13)19-12(8)14/h5H,3-4,6-7H2,1-2H3,(H,15,18). The molecule has 1 aromatic rings. The van der Waals surface area contributed by atoms with Gasteiger partial charge in [0.05, 0.1) is 20.7 Å². The number of ketones is 1. The predicted octanol–water partition coefficient (Wildman–Crippen LogP) is 2.91. The molecule has 0 bridgehead atoms. The molecule has 0 spiro atoms. The van der Waals surface area contributed by atoms with E-state index in [2.05, 4.69) is 37.2 Å². The first-order chi connectivity index (χ1) is 8.97. The van der Waals surface area contributed by atoms with Gasteiger partial charge in [0.1, 0.15) is 0 Å². The lowest BCUT2D eigenvalue weighted by Gasteiger charge is -2.19. The van der Waals surface area contributed by atoms with Crippen LogP contribution in [0.4, 0.5) is 0 Å². The molecule has 1 amide bonds. The summed E-state index contributed by atoms with van der Waals surface area (Å²) in [7, 11) is 1.60. The number of likely N-dealkylation sites (N-methyl/N-ethyl adjacent to an activating group) is 1. The highest BCUT2D eigenvalue weighted by Crippen LogP contribution is 2.32. The van der Waals surface area contributed by atoms with Crippen molar-refractivity contribution in [2.45, 2.75) is 13.3 Å². The molecule has 0 aromatic carbocycles. The lowest BCUT2D eigenvalue weighted by Crippen LogP contribution is -2.39. The summed E-state index contributed by atoms with van der Waals surface area (Å²) in [6.45, 7) is 3.25. The highest BCUT2D eigenvalue weighted by molar-refractivity contribution is 9.12.